The fraction of sp³-hybridized carbons (Fsp3) is 0.424. The average Bonchev–Trinajstić information content (AvgIpc) is 3.47. The molecule has 220 valence electrons. The molecule has 8 heteroatoms. The van der Waals surface area contributed by atoms with E-state index >= 15 is 0 Å². The minimum Gasteiger partial charge on any atom is -0.489 e. The SMILES string of the molecule is C=CCCC(=O)OC[C@@H]1CCCN1C(=O)[C@@H](CC=C)CC(=O)N[C@H](CO)Cc1ccc(OCc2ccccc2)cc1. The second kappa shape index (κ2) is 17.0. The van der Waals surface area contributed by atoms with Crippen LogP contribution in [-0.2, 0) is 32.1 Å². The summed E-state index contributed by atoms with van der Waals surface area (Å²) >= 11 is 0. The number of esters is 1. The number of aliphatic hydroxyl groups excluding tert-OH is 1. The van der Waals surface area contributed by atoms with E-state index in [0.29, 0.717) is 32.4 Å². The first-order valence-corrected chi connectivity index (χ1v) is 14.3. The highest BCUT2D eigenvalue weighted by molar-refractivity contribution is 5.86. The third-order valence-electron chi connectivity index (χ3n) is 7.12. The van der Waals surface area contributed by atoms with Gasteiger partial charge in [0, 0.05) is 19.4 Å². The molecule has 8 nitrogen and oxygen atoms in total. The van der Waals surface area contributed by atoms with Gasteiger partial charge in [-0.1, -0.05) is 54.6 Å². The number of likely N-dealkylation sites (tertiary alicyclic amines) is 1. The number of aliphatic hydroxyl groups is 1. The lowest BCUT2D eigenvalue weighted by molar-refractivity contribution is -0.148. The molecule has 0 aliphatic carbocycles. The largest absolute Gasteiger partial charge is 0.489 e. The van der Waals surface area contributed by atoms with Crippen molar-refractivity contribution in [1.82, 2.24) is 10.2 Å². The maximum Gasteiger partial charge on any atom is 0.306 e. The maximum absolute atomic E-state index is 13.4. The first-order valence-electron chi connectivity index (χ1n) is 14.3. The lowest BCUT2D eigenvalue weighted by atomic mass is 9.98. The fourth-order valence-corrected chi connectivity index (χ4v) is 4.91. The zero-order valence-electron chi connectivity index (χ0n) is 23.7. The van der Waals surface area contributed by atoms with Gasteiger partial charge in [0.25, 0.3) is 0 Å². The number of nitrogens with zero attached hydrogens (tertiary/aromatic N) is 1. The number of rotatable bonds is 17. The number of hydrogen-bond acceptors (Lipinski definition) is 6. The van der Waals surface area contributed by atoms with Crippen LogP contribution in [0.25, 0.3) is 0 Å². The molecule has 1 fully saturated rings. The van der Waals surface area contributed by atoms with E-state index in [1.54, 1.807) is 17.1 Å². The zero-order chi connectivity index (χ0) is 29.5. The molecule has 2 amide bonds. The number of carbonyl (C=O) groups is 3. The fourth-order valence-electron chi connectivity index (χ4n) is 4.91. The number of carbonyl (C=O) groups excluding carboxylic acids is 3. The molecular weight excluding hydrogens is 520 g/mol. The van der Waals surface area contributed by atoms with Crippen molar-refractivity contribution in [3.63, 3.8) is 0 Å². The van der Waals surface area contributed by atoms with Gasteiger partial charge >= 0.3 is 5.97 Å². The van der Waals surface area contributed by atoms with Crippen LogP contribution in [0.3, 0.4) is 0 Å². The van der Waals surface area contributed by atoms with E-state index in [1.807, 2.05) is 54.6 Å². The van der Waals surface area contributed by atoms with Crippen molar-refractivity contribution in [3.8, 4) is 5.75 Å². The predicted octanol–water partition coefficient (Wildman–Crippen LogP) is 4.37. The number of nitrogens with one attached hydrogen (secondary N) is 1. The Morgan fingerprint density at radius 1 is 1.05 bits per heavy atom. The van der Waals surface area contributed by atoms with Crippen molar-refractivity contribution < 1.29 is 29.0 Å². The molecule has 0 aromatic heterocycles. The molecule has 2 aromatic rings. The van der Waals surface area contributed by atoms with E-state index in [2.05, 4.69) is 18.5 Å². The number of allylic oxidation sites excluding steroid dienone is 2. The first kappa shape index (κ1) is 31.6. The zero-order valence-corrected chi connectivity index (χ0v) is 23.7. The monoisotopic (exact) mass is 562 g/mol. The van der Waals surface area contributed by atoms with E-state index in [1.165, 1.54) is 0 Å². The molecule has 3 rings (SSSR count). The van der Waals surface area contributed by atoms with Crippen molar-refractivity contribution in [3.05, 3.63) is 91.0 Å². The normalized spacial score (nSPS) is 15.9. The van der Waals surface area contributed by atoms with Gasteiger partial charge in [-0.25, -0.2) is 0 Å². The van der Waals surface area contributed by atoms with E-state index < -0.39 is 12.0 Å². The number of hydrogen-bond donors (Lipinski definition) is 2. The molecule has 0 spiro atoms. The van der Waals surface area contributed by atoms with E-state index in [0.717, 1.165) is 29.7 Å². The molecule has 0 radical (unpaired) electrons. The van der Waals surface area contributed by atoms with Crippen LogP contribution in [0.1, 0.15) is 49.7 Å². The summed E-state index contributed by atoms with van der Waals surface area (Å²) < 4.78 is 11.2. The van der Waals surface area contributed by atoms with Crippen molar-refractivity contribution in [2.75, 3.05) is 19.8 Å². The molecule has 1 saturated heterocycles. The summed E-state index contributed by atoms with van der Waals surface area (Å²) in [5, 5.41) is 12.8. The van der Waals surface area contributed by atoms with E-state index in [-0.39, 0.29) is 49.9 Å². The second-order valence-corrected chi connectivity index (χ2v) is 10.3. The Hall–Kier alpha value is -3.91. The van der Waals surface area contributed by atoms with Gasteiger partial charge in [0.1, 0.15) is 19.0 Å². The van der Waals surface area contributed by atoms with Crippen molar-refractivity contribution in [2.45, 2.75) is 63.6 Å². The molecule has 0 bridgehead atoms. The Morgan fingerprint density at radius 2 is 1.80 bits per heavy atom. The molecule has 1 aliphatic rings. The average molecular weight is 563 g/mol. The minimum atomic E-state index is -0.579. The van der Waals surface area contributed by atoms with Crippen molar-refractivity contribution in [2.24, 2.45) is 5.92 Å². The third kappa shape index (κ3) is 10.5. The van der Waals surface area contributed by atoms with Crippen LogP contribution >= 0.6 is 0 Å². The number of amides is 2. The summed E-state index contributed by atoms with van der Waals surface area (Å²) in [6.45, 7) is 8.32. The molecule has 2 N–H and O–H groups in total. The van der Waals surface area contributed by atoms with Crippen LogP contribution in [0.2, 0.25) is 0 Å². The van der Waals surface area contributed by atoms with Crippen molar-refractivity contribution >= 4 is 17.8 Å². The van der Waals surface area contributed by atoms with Crippen LogP contribution in [0.5, 0.6) is 5.75 Å². The molecular formula is C33H42N2O6. The highest BCUT2D eigenvalue weighted by Crippen LogP contribution is 2.24. The minimum absolute atomic E-state index is 0.0179. The lowest BCUT2D eigenvalue weighted by Gasteiger charge is -2.28. The molecule has 0 unspecified atom stereocenters. The summed E-state index contributed by atoms with van der Waals surface area (Å²) in [5.41, 5.74) is 2.02. The molecule has 2 aromatic carbocycles. The standard InChI is InChI=1S/C33H42N2O6/c1-3-5-14-32(38)41-24-29-13-9-19-35(29)33(39)27(10-4-2)21-31(37)34-28(22-36)20-25-15-17-30(18-16-25)40-23-26-11-7-6-8-12-26/h3-4,6-8,11-12,15-18,27-29,36H,1-2,5,9-10,13-14,19-24H2,(H,34,37)/t27-,28-,29-/m0/s1. The summed E-state index contributed by atoms with van der Waals surface area (Å²) in [6, 6.07) is 16.8. The molecule has 3 atom stereocenters. The summed E-state index contributed by atoms with van der Waals surface area (Å²) in [7, 11) is 0. The van der Waals surface area contributed by atoms with Gasteiger partial charge in [-0.05, 0) is 55.4 Å². The molecule has 1 heterocycles. The van der Waals surface area contributed by atoms with Crippen LogP contribution in [-0.4, -0.2) is 59.6 Å². The summed E-state index contributed by atoms with van der Waals surface area (Å²) in [6.07, 6.45) is 6.45. The van der Waals surface area contributed by atoms with Gasteiger partial charge in [0.15, 0.2) is 0 Å². The third-order valence-corrected chi connectivity index (χ3v) is 7.12. The van der Waals surface area contributed by atoms with Crippen molar-refractivity contribution in [1.29, 1.82) is 0 Å². The highest BCUT2D eigenvalue weighted by atomic mass is 16.5. The Morgan fingerprint density at radius 3 is 2.49 bits per heavy atom. The number of benzene rings is 2. The smallest absolute Gasteiger partial charge is 0.306 e. The van der Waals surface area contributed by atoms with Crippen LogP contribution in [0.15, 0.2) is 79.9 Å². The first-order chi connectivity index (χ1) is 19.9. The quantitative estimate of drug-likeness (QED) is 0.219. The lowest BCUT2D eigenvalue weighted by Crippen LogP contribution is -2.45. The number of ether oxygens (including phenoxy) is 2. The maximum atomic E-state index is 13.4. The van der Waals surface area contributed by atoms with Crippen LogP contribution < -0.4 is 10.1 Å². The second-order valence-electron chi connectivity index (χ2n) is 10.3. The van der Waals surface area contributed by atoms with E-state index in [4.69, 9.17) is 9.47 Å². The van der Waals surface area contributed by atoms with Gasteiger partial charge in [-0.2, -0.15) is 0 Å². The Balaban J connectivity index is 1.50. The van der Waals surface area contributed by atoms with Gasteiger partial charge in [-0.3, -0.25) is 14.4 Å². The van der Waals surface area contributed by atoms with E-state index in [9.17, 15) is 19.5 Å². The molecule has 0 saturated carbocycles. The summed E-state index contributed by atoms with van der Waals surface area (Å²) in [4.78, 5) is 40.0. The van der Waals surface area contributed by atoms with Gasteiger partial charge in [0.05, 0.1) is 24.6 Å². The Bertz CT molecular complexity index is 1130. The molecule has 41 heavy (non-hydrogen) atoms. The summed E-state index contributed by atoms with van der Waals surface area (Å²) in [5.74, 6) is -0.602. The highest BCUT2D eigenvalue weighted by Gasteiger charge is 2.34. The van der Waals surface area contributed by atoms with Gasteiger partial charge < -0.3 is 24.8 Å². The van der Waals surface area contributed by atoms with Gasteiger partial charge in [0.2, 0.25) is 11.8 Å². The van der Waals surface area contributed by atoms with Crippen LogP contribution in [0.4, 0.5) is 0 Å². The predicted molar refractivity (Wildman–Crippen MR) is 158 cm³/mol. The van der Waals surface area contributed by atoms with Crippen LogP contribution in [0, 0.1) is 5.92 Å². The topological polar surface area (TPSA) is 105 Å². The van der Waals surface area contributed by atoms with Gasteiger partial charge in [-0.15, -0.1) is 13.2 Å². The molecule has 1 aliphatic heterocycles. The Labute approximate surface area is 243 Å². The Kier molecular flexibility index (Phi) is 13.1.